The van der Waals surface area contributed by atoms with Crippen molar-refractivity contribution in [3.05, 3.63) is 95.1 Å². The van der Waals surface area contributed by atoms with Gasteiger partial charge in [-0.05, 0) is 35.7 Å². The SMILES string of the molecule is C[C@H]1c2ccccc2[C@@H](c2cnn(C)c2)CN1C(=O)c1cn(-c2ccc(F)cc2F)nn1. The van der Waals surface area contributed by atoms with Gasteiger partial charge >= 0.3 is 0 Å². The Morgan fingerprint density at radius 1 is 1.09 bits per heavy atom. The van der Waals surface area contributed by atoms with E-state index in [9.17, 15) is 13.6 Å². The fraction of sp³-hybridized carbons (Fsp3) is 0.217. The number of carbonyl (C=O) groups is 1. The Balaban J connectivity index is 1.49. The molecule has 2 aromatic carbocycles. The van der Waals surface area contributed by atoms with Crippen LogP contribution >= 0.6 is 0 Å². The van der Waals surface area contributed by atoms with Gasteiger partial charge in [-0.2, -0.15) is 5.10 Å². The number of carbonyl (C=O) groups excluding carboxylic acids is 1. The first-order valence-electron chi connectivity index (χ1n) is 10.2. The van der Waals surface area contributed by atoms with Crippen LogP contribution in [0.15, 0.2) is 61.1 Å². The third-order valence-corrected chi connectivity index (χ3v) is 5.93. The largest absolute Gasteiger partial charge is 0.329 e. The summed E-state index contributed by atoms with van der Waals surface area (Å²) in [6.07, 6.45) is 5.13. The molecule has 1 aliphatic heterocycles. The number of hydrogen-bond donors (Lipinski definition) is 0. The van der Waals surface area contributed by atoms with Gasteiger partial charge in [0.2, 0.25) is 0 Å². The lowest BCUT2D eigenvalue weighted by atomic mass is 9.82. The summed E-state index contributed by atoms with van der Waals surface area (Å²) in [5, 5.41) is 12.1. The van der Waals surface area contributed by atoms with E-state index in [4.69, 9.17) is 0 Å². The third-order valence-electron chi connectivity index (χ3n) is 5.93. The molecule has 9 heteroatoms. The van der Waals surface area contributed by atoms with E-state index < -0.39 is 11.6 Å². The minimum Gasteiger partial charge on any atom is -0.329 e. The predicted octanol–water partition coefficient (Wildman–Crippen LogP) is 3.63. The van der Waals surface area contributed by atoms with E-state index in [1.165, 1.54) is 12.3 Å². The number of amides is 1. The van der Waals surface area contributed by atoms with Gasteiger partial charge in [0, 0.05) is 31.8 Å². The van der Waals surface area contributed by atoms with Gasteiger partial charge in [0.05, 0.1) is 18.4 Å². The Labute approximate surface area is 182 Å². The molecule has 7 nitrogen and oxygen atoms in total. The molecule has 2 aromatic heterocycles. The van der Waals surface area contributed by atoms with E-state index in [1.807, 2.05) is 44.6 Å². The normalized spacial score (nSPS) is 17.9. The molecular weight excluding hydrogens is 414 g/mol. The van der Waals surface area contributed by atoms with Crippen LogP contribution in [0.3, 0.4) is 0 Å². The average Bonchev–Trinajstić information content (AvgIpc) is 3.43. The van der Waals surface area contributed by atoms with Crippen molar-refractivity contribution in [2.75, 3.05) is 6.54 Å². The van der Waals surface area contributed by atoms with Gasteiger partial charge < -0.3 is 4.90 Å². The van der Waals surface area contributed by atoms with Crippen molar-refractivity contribution in [2.24, 2.45) is 7.05 Å². The molecule has 162 valence electrons. The highest BCUT2D eigenvalue weighted by atomic mass is 19.1. The molecule has 0 saturated heterocycles. The van der Waals surface area contributed by atoms with Crippen LogP contribution in [-0.4, -0.2) is 42.1 Å². The predicted molar refractivity (Wildman–Crippen MR) is 112 cm³/mol. The lowest BCUT2D eigenvalue weighted by Gasteiger charge is -2.39. The van der Waals surface area contributed by atoms with Crippen LogP contribution in [0.1, 0.15) is 46.1 Å². The average molecular weight is 434 g/mol. The van der Waals surface area contributed by atoms with Crippen LogP contribution in [0.2, 0.25) is 0 Å². The number of aryl methyl sites for hydroxylation is 1. The van der Waals surface area contributed by atoms with Crippen molar-refractivity contribution in [2.45, 2.75) is 18.9 Å². The number of nitrogens with zero attached hydrogens (tertiary/aromatic N) is 6. The highest BCUT2D eigenvalue weighted by Gasteiger charge is 2.35. The van der Waals surface area contributed by atoms with E-state index in [0.29, 0.717) is 6.54 Å². The van der Waals surface area contributed by atoms with Gasteiger partial charge in [-0.3, -0.25) is 9.48 Å². The van der Waals surface area contributed by atoms with Crippen molar-refractivity contribution in [1.29, 1.82) is 0 Å². The maximum absolute atomic E-state index is 14.1. The van der Waals surface area contributed by atoms with Crippen LogP contribution in [0.5, 0.6) is 0 Å². The highest BCUT2D eigenvalue weighted by molar-refractivity contribution is 5.92. The number of hydrogen-bond acceptors (Lipinski definition) is 4. The maximum atomic E-state index is 14.1. The first kappa shape index (κ1) is 20.0. The Bertz CT molecular complexity index is 1310. The molecule has 2 atom stereocenters. The lowest BCUT2D eigenvalue weighted by molar-refractivity contribution is 0.0659. The van der Waals surface area contributed by atoms with Crippen LogP contribution in [0.4, 0.5) is 8.78 Å². The molecule has 0 fully saturated rings. The zero-order valence-corrected chi connectivity index (χ0v) is 17.5. The highest BCUT2D eigenvalue weighted by Crippen LogP contribution is 2.39. The summed E-state index contributed by atoms with van der Waals surface area (Å²) < 4.78 is 30.3. The van der Waals surface area contributed by atoms with E-state index in [2.05, 4.69) is 21.5 Å². The summed E-state index contributed by atoms with van der Waals surface area (Å²) in [6, 6.07) is 11.0. The summed E-state index contributed by atoms with van der Waals surface area (Å²) in [4.78, 5) is 15.2. The van der Waals surface area contributed by atoms with E-state index in [0.717, 1.165) is 33.5 Å². The molecule has 0 bridgehead atoms. The summed E-state index contributed by atoms with van der Waals surface area (Å²) >= 11 is 0. The van der Waals surface area contributed by atoms with E-state index >= 15 is 0 Å². The monoisotopic (exact) mass is 434 g/mol. The number of halogens is 2. The molecule has 3 heterocycles. The zero-order chi connectivity index (χ0) is 22.4. The zero-order valence-electron chi connectivity index (χ0n) is 17.5. The Morgan fingerprint density at radius 2 is 1.88 bits per heavy atom. The van der Waals surface area contributed by atoms with Gasteiger partial charge in [0.1, 0.15) is 11.5 Å². The van der Waals surface area contributed by atoms with E-state index in [1.54, 1.807) is 9.58 Å². The molecule has 0 saturated carbocycles. The van der Waals surface area contributed by atoms with Crippen molar-refractivity contribution in [3.8, 4) is 5.69 Å². The summed E-state index contributed by atoms with van der Waals surface area (Å²) in [7, 11) is 1.86. The van der Waals surface area contributed by atoms with Gasteiger partial charge in [0.15, 0.2) is 11.5 Å². The van der Waals surface area contributed by atoms with Crippen LogP contribution in [0.25, 0.3) is 5.69 Å². The molecule has 0 N–H and O–H groups in total. The minimum atomic E-state index is -0.786. The molecule has 0 aliphatic carbocycles. The number of aromatic nitrogens is 5. The molecule has 0 spiro atoms. The molecular formula is C23H20F2N6O. The molecule has 5 rings (SSSR count). The molecule has 32 heavy (non-hydrogen) atoms. The molecule has 0 unspecified atom stereocenters. The maximum Gasteiger partial charge on any atom is 0.276 e. The topological polar surface area (TPSA) is 68.8 Å². The Hall–Kier alpha value is -3.88. The first-order chi connectivity index (χ1) is 15.4. The summed E-state index contributed by atoms with van der Waals surface area (Å²) in [5.74, 6) is -1.82. The van der Waals surface area contributed by atoms with E-state index in [-0.39, 0.29) is 29.2 Å². The van der Waals surface area contributed by atoms with Gasteiger partial charge in [-0.25, -0.2) is 13.5 Å². The standard InChI is InChI=1S/C23H20F2N6O/c1-14-17-5-3-4-6-18(17)19(15-10-26-29(2)11-15)12-30(14)23(32)21-13-31(28-27-21)22-8-7-16(24)9-20(22)25/h3-11,13-14,19H,12H2,1-2H3/t14-,19+/m0/s1. The van der Waals surface area contributed by atoms with Crippen LogP contribution in [0, 0.1) is 11.6 Å². The van der Waals surface area contributed by atoms with Gasteiger partial charge in [-0.1, -0.05) is 29.5 Å². The molecule has 1 aliphatic rings. The molecule has 1 amide bonds. The lowest BCUT2D eigenvalue weighted by Crippen LogP contribution is -2.41. The van der Waals surface area contributed by atoms with Crippen molar-refractivity contribution in [3.63, 3.8) is 0 Å². The van der Waals surface area contributed by atoms with Crippen molar-refractivity contribution in [1.82, 2.24) is 29.7 Å². The second-order valence-electron chi connectivity index (χ2n) is 7.91. The fourth-order valence-corrected chi connectivity index (χ4v) is 4.29. The Kier molecular flexibility index (Phi) is 4.80. The second kappa shape index (κ2) is 7.67. The number of rotatable bonds is 3. The minimum absolute atomic E-state index is 0.0169. The van der Waals surface area contributed by atoms with Crippen molar-refractivity contribution < 1.29 is 13.6 Å². The number of benzene rings is 2. The quantitative estimate of drug-likeness (QED) is 0.494. The van der Waals surface area contributed by atoms with Crippen LogP contribution in [-0.2, 0) is 7.05 Å². The summed E-state index contributed by atoms with van der Waals surface area (Å²) in [6.45, 7) is 2.42. The summed E-state index contributed by atoms with van der Waals surface area (Å²) in [5.41, 5.74) is 3.34. The van der Waals surface area contributed by atoms with Gasteiger partial charge in [0.25, 0.3) is 5.91 Å². The Morgan fingerprint density at radius 3 is 2.59 bits per heavy atom. The second-order valence-corrected chi connectivity index (χ2v) is 7.91. The third kappa shape index (κ3) is 3.35. The van der Waals surface area contributed by atoms with Crippen molar-refractivity contribution >= 4 is 5.91 Å². The smallest absolute Gasteiger partial charge is 0.276 e. The molecule has 4 aromatic rings. The molecule has 0 radical (unpaired) electrons. The first-order valence-corrected chi connectivity index (χ1v) is 10.2. The fourth-order valence-electron chi connectivity index (χ4n) is 4.29. The van der Waals surface area contributed by atoms with Crippen LogP contribution < -0.4 is 0 Å². The van der Waals surface area contributed by atoms with Gasteiger partial charge in [-0.15, -0.1) is 5.10 Å². The number of fused-ring (bicyclic) bond motifs is 1.